The minimum atomic E-state index is 0. The number of nitrogens with zero attached hydrogens (tertiary/aromatic N) is 2. The minimum absolute atomic E-state index is 0. The van der Waals surface area contributed by atoms with E-state index in [0.29, 0.717) is 12.1 Å². The highest BCUT2D eigenvalue weighted by atomic mass is 127. The molecule has 6 heteroatoms. The van der Waals surface area contributed by atoms with Gasteiger partial charge in [-0.2, -0.15) is 0 Å². The molecule has 0 saturated carbocycles. The minimum Gasteiger partial charge on any atom is -0.355 e. The van der Waals surface area contributed by atoms with Crippen molar-refractivity contribution in [1.29, 1.82) is 0 Å². The van der Waals surface area contributed by atoms with Crippen LogP contribution < -0.4 is 10.6 Å². The Balaban J connectivity index is 0.00000220. The van der Waals surface area contributed by atoms with Crippen LogP contribution in [0.4, 0.5) is 0 Å². The fourth-order valence-electron chi connectivity index (χ4n) is 2.49. The average molecular weight is 422 g/mol. The van der Waals surface area contributed by atoms with Crippen LogP contribution >= 0.6 is 35.3 Å². The normalized spacial score (nSPS) is 17.1. The zero-order chi connectivity index (χ0) is 14.5. The molecule has 1 aromatic rings. The number of fused-ring (bicyclic) bond motifs is 1. The first-order chi connectivity index (χ1) is 9.60. The van der Waals surface area contributed by atoms with Crippen LogP contribution in [0.25, 0.3) is 0 Å². The number of halogens is 1. The van der Waals surface area contributed by atoms with E-state index in [9.17, 15) is 0 Å². The first-order valence-electron chi connectivity index (χ1n) is 7.36. The van der Waals surface area contributed by atoms with Crippen molar-refractivity contribution in [2.75, 3.05) is 20.1 Å². The van der Waals surface area contributed by atoms with E-state index >= 15 is 0 Å². The number of nitrogens with one attached hydrogen (secondary N) is 2. The molecule has 0 fully saturated rings. The zero-order valence-electron chi connectivity index (χ0n) is 13.3. The van der Waals surface area contributed by atoms with Crippen LogP contribution in [0.3, 0.4) is 0 Å². The summed E-state index contributed by atoms with van der Waals surface area (Å²) in [6, 6.07) is 3.18. The van der Waals surface area contributed by atoms with Gasteiger partial charge in [0.1, 0.15) is 0 Å². The molecule has 1 aliphatic rings. The third-order valence-electron chi connectivity index (χ3n) is 3.67. The van der Waals surface area contributed by atoms with Crippen LogP contribution in [0.5, 0.6) is 0 Å². The van der Waals surface area contributed by atoms with Gasteiger partial charge in [0.05, 0.1) is 0 Å². The predicted molar refractivity (Wildman–Crippen MR) is 103 cm³/mol. The van der Waals surface area contributed by atoms with Crippen LogP contribution in [0.15, 0.2) is 16.4 Å². The van der Waals surface area contributed by atoms with Gasteiger partial charge < -0.3 is 10.6 Å². The van der Waals surface area contributed by atoms with E-state index in [1.807, 2.05) is 18.4 Å². The van der Waals surface area contributed by atoms with Crippen LogP contribution in [0.2, 0.25) is 0 Å². The summed E-state index contributed by atoms with van der Waals surface area (Å²) in [7, 11) is 1.82. The Bertz CT molecular complexity index is 458. The van der Waals surface area contributed by atoms with Gasteiger partial charge in [0.25, 0.3) is 0 Å². The highest BCUT2D eigenvalue weighted by molar-refractivity contribution is 14.0. The number of rotatable bonds is 4. The van der Waals surface area contributed by atoms with E-state index in [1.165, 1.54) is 12.0 Å². The second-order valence-corrected chi connectivity index (χ2v) is 6.69. The monoisotopic (exact) mass is 422 g/mol. The Morgan fingerprint density at radius 3 is 2.86 bits per heavy atom. The SMILES string of the molecule is CN=C(NCC(C)N1CCc2sccc2C1)NC(C)C.I. The molecule has 2 N–H and O–H groups in total. The van der Waals surface area contributed by atoms with E-state index in [-0.39, 0.29) is 24.0 Å². The van der Waals surface area contributed by atoms with Gasteiger partial charge in [0.15, 0.2) is 5.96 Å². The smallest absolute Gasteiger partial charge is 0.191 e. The van der Waals surface area contributed by atoms with Crippen molar-refractivity contribution in [1.82, 2.24) is 15.5 Å². The largest absolute Gasteiger partial charge is 0.355 e. The molecule has 4 nitrogen and oxygen atoms in total. The predicted octanol–water partition coefficient (Wildman–Crippen LogP) is 2.69. The summed E-state index contributed by atoms with van der Waals surface area (Å²) in [5.41, 5.74) is 1.51. The highest BCUT2D eigenvalue weighted by Gasteiger charge is 2.21. The van der Waals surface area contributed by atoms with Crippen LogP contribution in [-0.2, 0) is 13.0 Å². The van der Waals surface area contributed by atoms with Gasteiger partial charge in [-0.1, -0.05) is 0 Å². The summed E-state index contributed by atoms with van der Waals surface area (Å²) < 4.78 is 0. The van der Waals surface area contributed by atoms with E-state index in [0.717, 1.165) is 25.6 Å². The molecule has 1 aliphatic heterocycles. The van der Waals surface area contributed by atoms with Gasteiger partial charge in [-0.3, -0.25) is 9.89 Å². The Hall–Kier alpha value is -0.340. The average Bonchev–Trinajstić information content (AvgIpc) is 2.89. The van der Waals surface area contributed by atoms with E-state index in [1.54, 1.807) is 4.88 Å². The second-order valence-electron chi connectivity index (χ2n) is 5.69. The maximum Gasteiger partial charge on any atom is 0.191 e. The molecular weight excluding hydrogens is 395 g/mol. The standard InChI is InChI=1S/C15H26N4S.HI/c1-11(2)18-15(16-4)17-9-12(3)19-7-5-14-13(10-19)6-8-20-14;/h6,8,11-12H,5,7,9-10H2,1-4H3,(H2,16,17,18);1H. The Morgan fingerprint density at radius 1 is 1.43 bits per heavy atom. The summed E-state index contributed by atoms with van der Waals surface area (Å²) in [5, 5.41) is 8.95. The van der Waals surface area contributed by atoms with Gasteiger partial charge in [0.2, 0.25) is 0 Å². The van der Waals surface area contributed by atoms with Crippen molar-refractivity contribution in [2.45, 2.75) is 45.8 Å². The quantitative estimate of drug-likeness (QED) is 0.445. The van der Waals surface area contributed by atoms with Crippen molar-refractivity contribution in [2.24, 2.45) is 4.99 Å². The maximum absolute atomic E-state index is 4.25. The van der Waals surface area contributed by atoms with E-state index < -0.39 is 0 Å². The second kappa shape index (κ2) is 8.95. The lowest BCUT2D eigenvalue weighted by molar-refractivity contribution is 0.192. The summed E-state index contributed by atoms with van der Waals surface area (Å²) in [4.78, 5) is 8.37. The molecule has 0 saturated heterocycles. The summed E-state index contributed by atoms with van der Waals surface area (Å²) in [6.45, 7) is 9.70. The van der Waals surface area contributed by atoms with Gasteiger partial charge in [0, 0.05) is 43.6 Å². The maximum atomic E-state index is 4.25. The van der Waals surface area contributed by atoms with E-state index in [2.05, 4.69) is 52.7 Å². The van der Waals surface area contributed by atoms with Crippen molar-refractivity contribution >= 4 is 41.3 Å². The molecule has 2 rings (SSSR count). The third kappa shape index (κ3) is 5.41. The zero-order valence-corrected chi connectivity index (χ0v) is 16.5. The first-order valence-corrected chi connectivity index (χ1v) is 8.24. The molecule has 0 radical (unpaired) electrons. The number of hydrogen-bond donors (Lipinski definition) is 2. The fraction of sp³-hybridized carbons (Fsp3) is 0.667. The van der Waals surface area contributed by atoms with Gasteiger partial charge in [-0.05, 0) is 44.2 Å². The highest BCUT2D eigenvalue weighted by Crippen LogP contribution is 2.24. The molecule has 1 aromatic heterocycles. The first kappa shape index (κ1) is 18.7. The van der Waals surface area contributed by atoms with Gasteiger partial charge in [-0.15, -0.1) is 35.3 Å². The van der Waals surface area contributed by atoms with Crippen molar-refractivity contribution in [3.05, 3.63) is 21.9 Å². The van der Waals surface area contributed by atoms with Crippen molar-refractivity contribution < 1.29 is 0 Å². The lowest BCUT2D eigenvalue weighted by Crippen LogP contribution is -2.48. The molecule has 1 unspecified atom stereocenters. The lowest BCUT2D eigenvalue weighted by Gasteiger charge is -2.33. The van der Waals surface area contributed by atoms with E-state index in [4.69, 9.17) is 0 Å². The van der Waals surface area contributed by atoms with Gasteiger partial charge in [-0.25, -0.2) is 0 Å². The van der Waals surface area contributed by atoms with Crippen LogP contribution in [-0.4, -0.2) is 43.1 Å². The van der Waals surface area contributed by atoms with Crippen molar-refractivity contribution in [3.8, 4) is 0 Å². The molecule has 0 spiro atoms. The molecule has 2 heterocycles. The summed E-state index contributed by atoms with van der Waals surface area (Å²) in [6.07, 6.45) is 1.19. The Kier molecular flexibility index (Phi) is 7.97. The summed E-state index contributed by atoms with van der Waals surface area (Å²) in [5.74, 6) is 0.889. The molecule has 21 heavy (non-hydrogen) atoms. The number of hydrogen-bond acceptors (Lipinski definition) is 3. The van der Waals surface area contributed by atoms with Gasteiger partial charge >= 0.3 is 0 Å². The molecular formula is C15H27IN4S. The van der Waals surface area contributed by atoms with Crippen molar-refractivity contribution in [3.63, 3.8) is 0 Å². The number of aliphatic imine (C=N–C) groups is 1. The summed E-state index contributed by atoms with van der Waals surface area (Å²) >= 11 is 1.90. The number of thiophene rings is 1. The third-order valence-corrected chi connectivity index (χ3v) is 4.70. The molecule has 0 aromatic carbocycles. The fourth-order valence-corrected chi connectivity index (χ4v) is 3.38. The lowest BCUT2D eigenvalue weighted by atomic mass is 10.1. The Morgan fingerprint density at radius 2 is 2.19 bits per heavy atom. The topological polar surface area (TPSA) is 39.7 Å². The molecule has 0 bridgehead atoms. The molecule has 0 amide bonds. The van der Waals surface area contributed by atoms with Crippen LogP contribution in [0.1, 0.15) is 31.2 Å². The van der Waals surface area contributed by atoms with Crippen LogP contribution in [0, 0.1) is 0 Å². The molecule has 120 valence electrons. The number of guanidine groups is 1. The molecule has 0 aliphatic carbocycles. The Labute approximate surface area is 149 Å². The molecule has 1 atom stereocenters.